The molecule has 3 rings (SSSR count). The molecule has 0 fully saturated rings. The molecule has 3 heteroatoms. The zero-order valence-electron chi connectivity index (χ0n) is 16.3. The third-order valence-electron chi connectivity index (χ3n) is 5.83. The summed E-state index contributed by atoms with van der Waals surface area (Å²) < 4.78 is 6.34. The SMILES string of the molecule is CCCCCC(C)C(C)c1cc(O)c2c(c1)OC(C)(C)C1=C2CCS1. The number of hydrogen-bond acceptors (Lipinski definition) is 3. The van der Waals surface area contributed by atoms with Crippen LogP contribution in [0.15, 0.2) is 17.0 Å². The van der Waals surface area contributed by atoms with E-state index in [1.165, 1.54) is 41.7 Å². The van der Waals surface area contributed by atoms with Gasteiger partial charge in [0.25, 0.3) is 0 Å². The Kier molecular flexibility index (Phi) is 5.43. The number of ether oxygens (including phenoxy) is 1. The molecule has 0 spiro atoms. The second kappa shape index (κ2) is 7.26. The van der Waals surface area contributed by atoms with Crippen molar-refractivity contribution in [1.29, 1.82) is 0 Å². The first-order chi connectivity index (χ1) is 11.8. The predicted octanol–water partition coefficient (Wildman–Crippen LogP) is 6.73. The molecule has 0 radical (unpaired) electrons. The lowest BCUT2D eigenvalue weighted by molar-refractivity contribution is 0.153. The van der Waals surface area contributed by atoms with E-state index < -0.39 is 0 Å². The third-order valence-corrected chi connectivity index (χ3v) is 7.27. The van der Waals surface area contributed by atoms with E-state index in [9.17, 15) is 5.11 Å². The molecule has 1 aromatic carbocycles. The van der Waals surface area contributed by atoms with Gasteiger partial charge in [-0.2, -0.15) is 0 Å². The molecule has 2 nitrogen and oxygen atoms in total. The van der Waals surface area contributed by atoms with E-state index in [1.54, 1.807) is 0 Å². The van der Waals surface area contributed by atoms with Crippen LogP contribution in [0.1, 0.15) is 83.8 Å². The minimum Gasteiger partial charge on any atom is -0.507 e. The number of phenols is 1. The molecule has 2 aliphatic heterocycles. The lowest BCUT2D eigenvalue weighted by Gasteiger charge is -2.35. The van der Waals surface area contributed by atoms with E-state index in [1.807, 2.05) is 17.8 Å². The van der Waals surface area contributed by atoms with E-state index in [2.05, 4.69) is 40.7 Å². The van der Waals surface area contributed by atoms with Crippen molar-refractivity contribution in [2.24, 2.45) is 5.92 Å². The second-order valence-corrected chi connectivity index (χ2v) is 9.30. The zero-order valence-corrected chi connectivity index (χ0v) is 17.1. The quantitative estimate of drug-likeness (QED) is 0.570. The van der Waals surface area contributed by atoms with Gasteiger partial charge in [0.15, 0.2) is 0 Å². The van der Waals surface area contributed by atoms with E-state index in [0.29, 0.717) is 17.6 Å². The van der Waals surface area contributed by atoms with E-state index in [0.717, 1.165) is 23.5 Å². The van der Waals surface area contributed by atoms with Crippen molar-refractivity contribution in [2.75, 3.05) is 5.75 Å². The maximum absolute atomic E-state index is 10.8. The Balaban J connectivity index is 1.90. The molecule has 0 saturated heterocycles. The first kappa shape index (κ1) is 18.7. The van der Waals surface area contributed by atoms with Crippen LogP contribution >= 0.6 is 11.8 Å². The largest absolute Gasteiger partial charge is 0.507 e. The molecule has 0 saturated carbocycles. The molecule has 1 N–H and O–H groups in total. The summed E-state index contributed by atoms with van der Waals surface area (Å²) in [5.74, 6) is 3.38. The Morgan fingerprint density at radius 3 is 2.72 bits per heavy atom. The molecule has 2 aliphatic rings. The van der Waals surface area contributed by atoms with Gasteiger partial charge in [-0.15, -0.1) is 11.8 Å². The van der Waals surface area contributed by atoms with Crippen molar-refractivity contribution in [1.82, 2.24) is 0 Å². The van der Waals surface area contributed by atoms with Gasteiger partial charge in [0.2, 0.25) is 0 Å². The smallest absolute Gasteiger partial charge is 0.134 e. The number of phenolic OH excluding ortho intramolecular Hbond substituents is 1. The first-order valence-electron chi connectivity index (χ1n) is 9.77. The molecule has 2 heterocycles. The highest BCUT2D eigenvalue weighted by Gasteiger charge is 2.39. The van der Waals surface area contributed by atoms with Crippen molar-refractivity contribution < 1.29 is 9.84 Å². The van der Waals surface area contributed by atoms with Gasteiger partial charge in [-0.1, -0.05) is 46.5 Å². The second-order valence-electron chi connectivity index (χ2n) is 8.19. The van der Waals surface area contributed by atoms with Crippen LogP contribution in [0.5, 0.6) is 11.5 Å². The zero-order chi connectivity index (χ0) is 18.2. The van der Waals surface area contributed by atoms with Gasteiger partial charge in [0, 0.05) is 10.7 Å². The van der Waals surface area contributed by atoms with Gasteiger partial charge in [-0.3, -0.25) is 0 Å². The molecular formula is C22H32O2S. The van der Waals surface area contributed by atoms with Gasteiger partial charge in [-0.05, 0) is 55.4 Å². The standard InChI is InChI=1S/C22H32O2S/c1-6-7-8-9-14(2)15(3)16-12-18(23)20-17-10-11-25-21(17)22(4,5)24-19(20)13-16/h12-15,23H,6-11H2,1-5H3. The normalized spacial score (nSPS) is 20.7. The Morgan fingerprint density at radius 2 is 2.00 bits per heavy atom. The van der Waals surface area contributed by atoms with Crippen LogP contribution in [0.3, 0.4) is 0 Å². The summed E-state index contributed by atoms with van der Waals surface area (Å²) in [7, 11) is 0. The summed E-state index contributed by atoms with van der Waals surface area (Å²) in [6.07, 6.45) is 6.12. The minimum atomic E-state index is -0.287. The van der Waals surface area contributed by atoms with Crippen LogP contribution < -0.4 is 4.74 Å². The van der Waals surface area contributed by atoms with Crippen LogP contribution in [0.2, 0.25) is 0 Å². The van der Waals surface area contributed by atoms with E-state index >= 15 is 0 Å². The number of hydrogen-bond donors (Lipinski definition) is 1. The molecule has 0 aromatic heterocycles. The number of aromatic hydroxyl groups is 1. The van der Waals surface area contributed by atoms with Gasteiger partial charge in [-0.25, -0.2) is 0 Å². The number of unbranched alkanes of at least 4 members (excludes halogenated alkanes) is 2. The number of rotatable bonds is 6. The average Bonchev–Trinajstić information content (AvgIpc) is 3.04. The van der Waals surface area contributed by atoms with Gasteiger partial charge in [0.1, 0.15) is 17.1 Å². The van der Waals surface area contributed by atoms with Crippen molar-refractivity contribution in [3.63, 3.8) is 0 Å². The molecular weight excluding hydrogens is 328 g/mol. The third kappa shape index (κ3) is 3.58. The highest BCUT2D eigenvalue weighted by Crippen LogP contribution is 2.54. The van der Waals surface area contributed by atoms with Gasteiger partial charge >= 0.3 is 0 Å². The fourth-order valence-electron chi connectivity index (χ4n) is 4.12. The average molecular weight is 361 g/mol. The summed E-state index contributed by atoms with van der Waals surface area (Å²) >= 11 is 1.88. The maximum Gasteiger partial charge on any atom is 0.134 e. The molecule has 0 bridgehead atoms. The minimum absolute atomic E-state index is 0.287. The lowest BCUT2D eigenvalue weighted by Crippen LogP contribution is -2.32. The van der Waals surface area contributed by atoms with Crippen molar-refractivity contribution in [3.05, 3.63) is 28.2 Å². The van der Waals surface area contributed by atoms with Crippen molar-refractivity contribution >= 4 is 17.3 Å². The molecule has 0 aliphatic carbocycles. The number of benzene rings is 1. The molecule has 138 valence electrons. The topological polar surface area (TPSA) is 29.5 Å². The monoisotopic (exact) mass is 360 g/mol. The molecule has 0 amide bonds. The molecule has 2 atom stereocenters. The van der Waals surface area contributed by atoms with E-state index in [-0.39, 0.29) is 5.60 Å². The number of allylic oxidation sites excluding steroid dienone is 1. The van der Waals surface area contributed by atoms with Crippen LogP contribution in [0, 0.1) is 5.92 Å². The molecule has 1 aromatic rings. The molecule has 25 heavy (non-hydrogen) atoms. The van der Waals surface area contributed by atoms with Crippen molar-refractivity contribution in [3.8, 4) is 11.5 Å². The lowest BCUT2D eigenvalue weighted by atomic mass is 9.83. The highest BCUT2D eigenvalue weighted by molar-refractivity contribution is 8.03. The summed E-state index contributed by atoms with van der Waals surface area (Å²) in [5.41, 5.74) is 3.15. The number of thioether (sulfide) groups is 1. The van der Waals surface area contributed by atoms with Gasteiger partial charge < -0.3 is 9.84 Å². The van der Waals surface area contributed by atoms with Crippen LogP contribution in [-0.2, 0) is 0 Å². The Hall–Kier alpha value is -1.09. The van der Waals surface area contributed by atoms with Gasteiger partial charge in [0.05, 0.1) is 5.56 Å². The Bertz CT molecular complexity index is 675. The summed E-state index contributed by atoms with van der Waals surface area (Å²) in [4.78, 5) is 1.30. The summed E-state index contributed by atoms with van der Waals surface area (Å²) in [6.45, 7) is 11.1. The Morgan fingerprint density at radius 1 is 1.24 bits per heavy atom. The highest BCUT2D eigenvalue weighted by atomic mass is 32.2. The fourth-order valence-corrected chi connectivity index (χ4v) is 5.39. The predicted molar refractivity (Wildman–Crippen MR) is 109 cm³/mol. The maximum atomic E-state index is 10.8. The first-order valence-corrected chi connectivity index (χ1v) is 10.8. The summed E-state index contributed by atoms with van der Waals surface area (Å²) in [5, 5.41) is 10.8. The Labute approximate surface area is 157 Å². The number of fused-ring (bicyclic) bond motifs is 2. The van der Waals surface area contributed by atoms with E-state index in [4.69, 9.17) is 4.74 Å². The van der Waals surface area contributed by atoms with Crippen LogP contribution in [0.4, 0.5) is 0 Å². The van der Waals surface area contributed by atoms with Crippen LogP contribution in [-0.4, -0.2) is 16.5 Å². The summed E-state index contributed by atoms with van der Waals surface area (Å²) in [6, 6.07) is 4.17. The van der Waals surface area contributed by atoms with Crippen molar-refractivity contribution in [2.45, 2.75) is 78.2 Å². The van der Waals surface area contributed by atoms with Crippen LogP contribution in [0.25, 0.3) is 5.57 Å². The molecule has 2 unspecified atom stereocenters. The fraction of sp³-hybridized carbons (Fsp3) is 0.636.